The Morgan fingerprint density at radius 2 is 1.59 bits per heavy atom. The Hall–Kier alpha value is -2.16. The van der Waals surface area contributed by atoms with E-state index >= 15 is 0 Å². The molecule has 0 aliphatic rings. The van der Waals surface area contributed by atoms with Crippen molar-refractivity contribution in [3.05, 3.63) is 59.9 Å². The normalized spacial score (nSPS) is 12.1. The maximum atomic E-state index is 11.8. The van der Waals surface area contributed by atoms with Gasteiger partial charge in [-0.3, -0.25) is 9.78 Å². The first-order valence-electron chi connectivity index (χ1n) is 5.44. The molecule has 0 amide bonds. The number of hydrogen-bond acceptors (Lipinski definition) is 3. The quantitative estimate of drug-likeness (QED) is 0.817. The van der Waals surface area contributed by atoms with Crippen LogP contribution in [0.25, 0.3) is 0 Å². The highest BCUT2D eigenvalue weighted by atomic mass is 16.1. The molecule has 0 fully saturated rings. The predicted molar refractivity (Wildman–Crippen MR) is 67.6 cm³/mol. The van der Waals surface area contributed by atoms with Crippen LogP contribution in [0, 0.1) is 0 Å². The SMILES string of the molecule is CC(=O)C(c1ccncc1)c1ccc(N)cc1. The van der Waals surface area contributed by atoms with Crippen molar-refractivity contribution in [2.45, 2.75) is 12.8 Å². The van der Waals surface area contributed by atoms with E-state index in [1.165, 1.54) is 0 Å². The van der Waals surface area contributed by atoms with E-state index in [4.69, 9.17) is 5.73 Å². The van der Waals surface area contributed by atoms with Gasteiger partial charge in [-0.25, -0.2) is 0 Å². The third kappa shape index (κ3) is 2.50. The monoisotopic (exact) mass is 226 g/mol. The van der Waals surface area contributed by atoms with Crippen LogP contribution in [0.2, 0.25) is 0 Å². The Bertz CT molecular complexity index is 506. The fraction of sp³-hybridized carbons (Fsp3) is 0.143. The molecule has 0 aliphatic carbocycles. The minimum absolute atomic E-state index is 0.112. The number of Topliss-reactive ketones (excluding diaryl/α,β-unsaturated/α-hetero) is 1. The molecule has 1 unspecified atom stereocenters. The van der Waals surface area contributed by atoms with Crippen molar-refractivity contribution in [1.29, 1.82) is 0 Å². The van der Waals surface area contributed by atoms with Crippen molar-refractivity contribution >= 4 is 11.5 Å². The van der Waals surface area contributed by atoms with Crippen LogP contribution in [0.4, 0.5) is 5.69 Å². The van der Waals surface area contributed by atoms with Gasteiger partial charge in [0.05, 0.1) is 5.92 Å². The van der Waals surface area contributed by atoms with Crippen molar-refractivity contribution in [2.24, 2.45) is 0 Å². The molecular weight excluding hydrogens is 212 g/mol. The number of hydrogen-bond donors (Lipinski definition) is 1. The molecule has 3 heteroatoms. The molecule has 1 aromatic heterocycles. The summed E-state index contributed by atoms with van der Waals surface area (Å²) in [5, 5.41) is 0. The zero-order valence-corrected chi connectivity index (χ0v) is 9.63. The smallest absolute Gasteiger partial charge is 0.141 e. The van der Waals surface area contributed by atoms with E-state index in [0.717, 1.165) is 11.1 Å². The number of carbonyl (C=O) groups excluding carboxylic acids is 1. The number of ketones is 1. The number of nitrogens with zero attached hydrogens (tertiary/aromatic N) is 1. The second kappa shape index (κ2) is 4.78. The summed E-state index contributed by atoms with van der Waals surface area (Å²) in [7, 11) is 0. The van der Waals surface area contributed by atoms with Crippen molar-refractivity contribution in [3.63, 3.8) is 0 Å². The molecule has 17 heavy (non-hydrogen) atoms. The molecule has 1 aromatic carbocycles. The number of nitrogens with two attached hydrogens (primary N) is 1. The van der Waals surface area contributed by atoms with Crippen LogP contribution in [0.5, 0.6) is 0 Å². The number of benzene rings is 1. The fourth-order valence-electron chi connectivity index (χ4n) is 1.91. The Morgan fingerprint density at radius 1 is 1.06 bits per heavy atom. The minimum atomic E-state index is -0.237. The third-order valence-electron chi connectivity index (χ3n) is 2.72. The molecule has 86 valence electrons. The topological polar surface area (TPSA) is 56.0 Å². The first-order valence-corrected chi connectivity index (χ1v) is 5.44. The Kier molecular flexibility index (Phi) is 3.19. The van der Waals surface area contributed by atoms with Crippen LogP contribution >= 0.6 is 0 Å². The van der Waals surface area contributed by atoms with Crippen molar-refractivity contribution in [3.8, 4) is 0 Å². The zero-order chi connectivity index (χ0) is 12.3. The predicted octanol–water partition coefficient (Wildman–Crippen LogP) is 2.38. The van der Waals surface area contributed by atoms with Gasteiger partial charge in [0, 0.05) is 18.1 Å². The third-order valence-corrected chi connectivity index (χ3v) is 2.72. The number of pyridine rings is 1. The maximum absolute atomic E-state index is 11.8. The molecule has 1 atom stereocenters. The molecule has 0 spiro atoms. The van der Waals surface area contributed by atoms with Gasteiger partial charge in [0.25, 0.3) is 0 Å². The van der Waals surface area contributed by atoms with Crippen LogP contribution in [0.3, 0.4) is 0 Å². The summed E-state index contributed by atoms with van der Waals surface area (Å²) in [6, 6.07) is 11.1. The summed E-state index contributed by atoms with van der Waals surface area (Å²) in [5.41, 5.74) is 8.26. The molecule has 2 aromatic rings. The highest BCUT2D eigenvalue weighted by Crippen LogP contribution is 2.25. The van der Waals surface area contributed by atoms with Crippen LogP contribution in [-0.4, -0.2) is 10.8 Å². The first kappa shape index (κ1) is 11.3. The molecule has 2 rings (SSSR count). The average Bonchev–Trinajstić information content (AvgIpc) is 2.33. The lowest BCUT2D eigenvalue weighted by atomic mass is 9.89. The molecule has 0 saturated heterocycles. The zero-order valence-electron chi connectivity index (χ0n) is 9.63. The van der Waals surface area contributed by atoms with Gasteiger partial charge in [0.15, 0.2) is 0 Å². The Labute approximate surface area is 100 Å². The van der Waals surface area contributed by atoms with E-state index in [2.05, 4.69) is 4.98 Å². The van der Waals surface area contributed by atoms with Crippen LogP contribution in [0.15, 0.2) is 48.8 Å². The number of carbonyl (C=O) groups is 1. The van der Waals surface area contributed by atoms with Crippen molar-refractivity contribution in [1.82, 2.24) is 4.98 Å². The molecule has 0 radical (unpaired) electrons. The molecule has 1 heterocycles. The van der Waals surface area contributed by atoms with Gasteiger partial charge >= 0.3 is 0 Å². The van der Waals surface area contributed by atoms with Gasteiger partial charge < -0.3 is 5.73 Å². The summed E-state index contributed by atoms with van der Waals surface area (Å²) in [6.07, 6.45) is 3.39. The molecular formula is C14H14N2O. The molecule has 0 aliphatic heterocycles. The number of aromatic nitrogens is 1. The Morgan fingerprint density at radius 3 is 2.12 bits per heavy atom. The minimum Gasteiger partial charge on any atom is -0.399 e. The van der Waals surface area contributed by atoms with E-state index in [1.807, 2.05) is 36.4 Å². The van der Waals surface area contributed by atoms with Crippen LogP contribution < -0.4 is 5.73 Å². The molecule has 2 N–H and O–H groups in total. The van der Waals surface area contributed by atoms with Gasteiger partial charge in [-0.2, -0.15) is 0 Å². The summed E-state index contributed by atoms with van der Waals surface area (Å²) in [6.45, 7) is 1.60. The highest BCUT2D eigenvalue weighted by Gasteiger charge is 2.18. The van der Waals surface area contributed by atoms with Crippen molar-refractivity contribution in [2.75, 3.05) is 5.73 Å². The average molecular weight is 226 g/mol. The van der Waals surface area contributed by atoms with Gasteiger partial charge in [-0.1, -0.05) is 12.1 Å². The van der Waals surface area contributed by atoms with Gasteiger partial charge in [-0.15, -0.1) is 0 Å². The molecule has 3 nitrogen and oxygen atoms in total. The summed E-state index contributed by atoms with van der Waals surface area (Å²) in [5.74, 6) is -0.125. The largest absolute Gasteiger partial charge is 0.399 e. The maximum Gasteiger partial charge on any atom is 0.141 e. The second-order valence-electron chi connectivity index (χ2n) is 3.99. The van der Waals surface area contributed by atoms with Gasteiger partial charge in [-0.05, 0) is 42.3 Å². The summed E-state index contributed by atoms with van der Waals surface area (Å²) >= 11 is 0. The van der Waals surface area contributed by atoms with Crippen molar-refractivity contribution < 1.29 is 4.79 Å². The molecule has 0 saturated carbocycles. The fourth-order valence-corrected chi connectivity index (χ4v) is 1.91. The van der Waals surface area contributed by atoms with Gasteiger partial charge in [0.2, 0.25) is 0 Å². The van der Waals surface area contributed by atoms with E-state index in [1.54, 1.807) is 19.3 Å². The number of rotatable bonds is 3. The van der Waals surface area contributed by atoms with Gasteiger partial charge in [0.1, 0.15) is 5.78 Å². The highest BCUT2D eigenvalue weighted by molar-refractivity contribution is 5.86. The van der Waals surface area contributed by atoms with E-state index in [-0.39, 0.29) is 11.7 Å². The van der Waals surface area contributed by atoms with E-state index in [0.29, 0.717) is 5.69 Å². The van der Waals surface area contributed by atoms with E-state index < -0.39 is 0 Å². The van der Waals surface area contributed by atoms with E-state index in [9.17, 15) is 4.79 Å². The molecule has 0 bridgehead atoms. The standard InChI is InChI=1S/C14H14N2O/c1-10(17)14(12-6-8-16-9-7-12)11-2-4-13(15)5-3-11/h2-9,14H,15H2,1H3. The number of nitrogen functional groups attached to an aromatic ring is 1. The van der Waals surface area contributed by atoms with Crippen LogP contribution in [-0.2, 0) is 4.79 Å². The lowest BCUT2D eigenvalue weighted by Gasteiger charge is -2.14. The lowest BCUT2D eigenvalue weighted by molar-refractivity contribution is -0.117. The second-order valence-corrected chi connectivity index (χ2v) is 3.99. The summed E-state index contributed by atoms with van der Waals surface area (Å²) < 4.78 is 0. The Balaban J connectivity index is 2.43. The summed E-state index contributed by atoms with van der Waals surface area (Å²) in [4.78, 5) is 15.7. The first-order chi connectivity index (χ1) is 8.18. The van der Waals surface area contributed by atoms with Crippen LogP contribution in [0.1, 0.15) is 24.0 Å². The lowest BCUT2D eigenvalue weighted by Crippen LogP contribution is -2.10. The number of anilines is 1.